The van der Waals surface area contributed by atoms with Crippen LogP contribution < -0.4 is 0 Å². The topological polar surface area (TPSA) is 64.3 Å². The summed E-state index contributed by atoms with van der Waals surface area (Å²) in [7, 11) is 0. The molecule has 6 heteroatoms. The summed E-state index contributed by atoms with van der Waals surface area (Å²) in [6.45, 7) is 9.43. The molecule has 152 valence electrons. The molecule has 3 heterocycles. The smallest absolute Gasteiger partial charge is 0.0964 e. The van der Waals surface area contributed by atoms with Gasteiger partial charge in [-0.25, -0.2) is 4.98 Å². The number of hydrogen-bond donors (Lipinski definition) is 1. The first kappa shape index (κ1) is 18.6. The third-order valence-electron chi connectivity index (χ3n) is 5.79. The average molecular weight is 399 g/mol. The zero-order valence-corrected chi connectivity index (χ0v) is 17.5. The maximum atomic E-state index is 4.82. The van der Waals surface area contributed by atoms with Gasteiger partial charge in [0.15, 0.2) is 0 Å². The third-order valence-corrected chi connectivity index (χ3v) is 5.79. The highest BCUT2D eigenvalue weighted by atomic mass is 15.3. The van der Waals surface area contributed by atoms with E-state index in [0.29, 0.717) is 19.0 Å². The van der Waals surface area contributed by atoms with Crippen LogP contribution in [0.25, 0.3) is 22.5 Å². The van der Waals surface area contributed by atoms with Gasteiger partial charge in [0.25, 0.3) is 0 Å². The molecule has 1 fully saturated rings. The molecular weight excluding hydrogens is 372 g/mol. The van der Waals surface area contributed by atoms with Gasteiger partial charge in [0.1, 0.15) is 0 Å². The Bertz CT molecular complexity index is 1190. The van der Waals surface area contributed by atoms with Gasteiger partial charge in [-0.15, -0.1) is 6.58 Å². The second-order valence-corrected chi connectivity index (χ2v) is 8.04. The van der Waals surface area contributed by atoms with Crippen LogP contribution in [-0.4, -0.2) is 29.5 Å². The molecule has 6 nitrogen and oxygen atoms in total. The molecule has 0 saturated heterocycles. The highest BCUT2D eigenvalue weighted by molar-refractivity contribution is 5.81. The van der Waals surface area contributed by atoms with E-state index in [2.05, 4.69) is 65.5 Å². The zero-order valence-electron chi connectivity index (χ0n) is 17.5. The van der Waals surface area contributed by atoms with Crippen LogP contribution in [0.15, 0.2) is 55.4 Å². The quantitative estimate of drug-likeness (QED) is 0.452. The van der Waals surface area contributed by atoms with Crippen molar-refractivity contribution in [3.05, 3.63) is 78.2 Å². The molecule has 0 unspecified atom stereocenters. The van der Waals surface area contributed by atoms with E-state index in [9.17, 15) is 0 Å². The Labute approximate surface area is 176 Å². The Hall–Kier alpha value is -3.41. The molecule has 1 aromatic carbocycles. The number of aromatic nitrogens is 6. The minimum atomic E-state index is 0.638. The molecule has 4 aromatic rings. The largest absolute Gasteiger partial charge is 0.324 e. The minimum Gasteiger partial charge on any atom is -0.324 e. The van der Waals surface area contributed by atoms with Crippen LogP contribution in [-0.2, 0) is 13.1 Å². The SMILES string of the molecule is C=CCn1nc(C)c(-c2c(-c3ccccc3)ncn2Cc2cc(C3CC3)n[nH]2)c1C. The van der Waals surface area contributed by atoms with Gasteiger partial charge >= 0.3 is 0 Å². The van der Waals surface area contributed by atoms with Gasteiger partial charge in [0, 0.05) is 22.7 Å². The molecule has 1 aliphatic carbocycles. The van der Waals surface area contributed by atoms with Crippen molar-refractivity contribution in [1.82, 2.24) is 29.5 Å². The standard InChI is InChI=1S/C24H26N6/c1-4-12-30-17(3)22(16(2)28-30)24-23(19-8-6-5-7-9-19)25-15-29(24)14-20-13-21(27-26-20)18-10-11-18/h4-9,13,15,18H,1,10-12,14H2,2-3H3,(H,26,27). The second kappa shape index (κ2) is 7.44. The summed E-state index contributed by atoms with van der Waals surface area (Å²) < 4.78 is 4.22. The van der Waals surface area contributed by atoms with E-state index in [4.69, 9.17) is 10.1 Å². The normalized spacial score (nSPS) is 13.7. The molecule has 5 rings (SSSR count). The molecule has 0 aliphatic heterocycles. The molecule has 0 bridgehead atoms. The molecule has 0 radical (unpaired) electrons. The third kappa shape index (κ3) is 3.28. The van der Waals surface area contributed by atoms with Crippen LogP contribution in [0.5, 0.6) is 0 Å². The predicted molar refractivity (Wildman–Crippen MR) is 118 cm³/mol. The highest BCUT2D eigenvalue weighted by Gasteiger charge is 2.27. The van der Waals surface area contributed by atoms with Gasteiger partial charge in [0.2, 0.25) is 0 Å². The van der Waals surface area contributed by atoms with Crippen molar-refractivity contribution in [3.8, 4) is 22.5 Å². The number of rotatable bonds is 7. The van der Waals surface area contributed by atoms with Crippen LogP contribution in [0.1, 0.15) is 41.5 Å². The van der Waals surface area contributed by atoms with Gasteiger partial charge in [-0.2, -0.15) is 10.2 Å². The Balaban J connectivity index is 1.63. The number of nitrogens with zero attached hydrogens (tertiary/aromatic N) is 5. The van der Waals surface area contributed by atoms with Gasteiger partial charge in [0.05, 0.1) is 47.9 Å². The number of H-pyrrole nitrogens is 1. The fourth-order valence-corrected chi connectivity index (χ4v) is 4.14. The Morgan fingerprint density at radius 3 is 2.73 bits per heavy atom. The number of aryl methyl sites for hydroxylation is 1. The van der Waals surface area contributed by atoms with Crippen molar-refractivity contribution in [2.24, 2.45) is 0 Å². The van der Waals surface area contributed by atoms with E-state index in [1.165, 1.54) is 18.5 Å². The van der Waals surface area contributed by atoms with Crippen LogP contribution in [0.2, 0.25) is 0 Å². The minimum absolute atomic E-state index is 0.638. The fraction of sp³-hybridized carbons (Fsp3) is 0.292. The molecule has 1 N–H and O–H groups in total. The van der Waals surface area contributed by atoms with Crippen molar-refractivity contribution in [3.63, 3.8) is 0 Å². The monoisotopic (exact) mass is 398 g/mol. The van der Waals surface area contributed by atoms with Gasteiger partial charge in [-0.3, -0.25) is 9.78 Å². The van der Waals surface area contributed by atoms with E-state index in [1.807, 2.05) is 23.2 Å². The van der Waals surface area contributed by atoms with E-state index >= 15 is 0 Å². The molecule has 0 amide bonds. The van der Waals surface area contributed by atoms with E-state index < -0.39 is 0 Å². The van der Waals surface area contributed by atoms with Gasteiger partial charge < -0.3 is 4.57 Å². The van der Waals surface area contributed by atoms with Crippen molar-refractivity contribution in [2.45, 2.75) is 45.7 Å². The number of imidazole rings is 1. The molecule has 1 aliphatic rings. The number of hydrogen-bond acceptors (Lipinski definition) is 3. The second-order valence-electron chi connectivity index (χ2n) is 8.04. The highest BCUT2D eigenvalue weighted by Crippen LogP contribution is 2.39. The Kier molecular flexibility index (Phi) is 4.62. The van der Waals surface area contributed by atoms with Crippen LogP contribution in [0.3, 0.4) is 0 Å². The van der Waals surface area contributed by atoms with Crippen LogP contribution in [0, 0.1) is 13.8 Å². The summed E-state index contributed by atoms with van der Waals surface area (Å²) in [6, 6.07) is 12.5. The maximum absolute atomic E-state index is 4.82. The number of nitrogens with one attached hydrogen (secondary N) is 1. The lowest BCUT2D eigenvalue weighted by molar-refractivity contribution is 0.673. The molecule has 0 spiro atoms. The fourth-order valence-electron chi connectivity index (χ4n) is 4.14. The summed E-state index contributed by atoms with van der Waals surface area (Å²) in [5, 5.41) is 12.5. The molecule has 0 atom stereocenters. The molecule has 30 heavy (non-hydrogen) atoms. The predicted octanol–water partition coefficient (Wildman–Crippen LogP) is 4.87. The number of aromatic amines is 1. The lowest BCUT2D eigenvalue weighted by Crippen LogP contribution is -2.03. The summed E-state index contributed by atoms with van der Waals surface area (Å²) >= 11 is 0. The molecule has 3 aromatic heterocycles. The van der Waals surface area contributed by atoms with Crippen molar-refractivity contribution in [2.75, 3.05) is 0 Å². The van der Waals surface area contributed by atoms with E-state index in [0.717, 1.165) is 39.6 Å². The first-order valence-corrected chi connectivity index (χ1v) is 10.5. The molecule has 1 saturated carbocycles. The Morgan fingerprint density at radius 1 is 1.20 bits per heavy atom. The number of allylic oxidation sites excluding steroid dienone is 1. The summed E-state index contributed by atoms with van der Waals surface area (Å²) in [4.78, 5) is 4.82. The molecular formula is C24H26N6. The lowest BCUT2D eigenvalue weighted by Gasteiger charge is -2.11. The van der Waals surface area contributed by atoms with Gasteiger partial charge in [-0.05, 0) is 32.8 Å². The van der Waals surface area contributed by atoms with Crippen molar-refractivity contribution in [1.29, 1.82) is 0 Å². The van der Waals surface area contributed by atoms with Crippen LogP contribution in [0.4, 0.5) is 0 Å². The van der Waals surface area contributed by atoms with Gasteiger partial charge in [-0.1, -0.05) is 36.4 Å². The van der Waals surface area contributed by atoms with E-state index in [-0.39, 0.29) is 0 Å². The average Bonchev–Trinajstić information content (AvgIpc) is 3.27. The summed E-state index contributed by atoms with van der Waals surface area (Å²) in [6.07, 6.45) is 6.31. The number of benzene rings is 1. The van der Waals surface area contributed by atoms with Crippen molar-refractivity contribution < 1.29 is 0 Å². The lowest BCUT2D eigenvalue weighted by atomic mass is 10.0. The summed E-state index contributed by atoms with van der Waals surface area (Å²) in [5.41, 5.74) is 8.70. The Morgan fingerprint density at radius 2 is 2.00 bits per heavy atom. The van der Waals surface area contributed by atoms with E-state index in [1.54, 1.807) is 0 Å². The zero-order chi connectivity index (χ0) is 20.7. The first-order chi connectivity index (χ1) is 14.7. The van der Waals surface area contributed by atoms with Crippen molar-refractivity contribution >= 4 is 0 Å². The summed E-state index contributed by atoms with van der Waals surface area (Å²) in [5.74, 6) is 0.638. The first-order valence-electron chi connectivity index (χ1n) is 10.5. The van der Waals surface area contributed by atoms with Crippen LogP contribution >= 0.6 is 0 Å². The maximum Gasteiger partial charge on any atom is 0.0964 e.